The highest BCUT2D eigenvalue weighted by atomic mass is 16.3. The minimum atomic E-state index is -0.536. The van der Waals surface area contributed by atoms with Crippen molar-refractivity contribution in [3.8, 4) is 0 Å². The molecule has 0 heterocycles. The van der Waals surface area contributed by atoms with Crippen LogP contribution in [0.15, 0.2) is 12.7 Å². The summed E-state index contributed by atoms with van der Waals surface area (Å²) in [6, 6.07) is -0.335. The molecule has 0 aromatic heterocycles. The van der Waals surface area contributed by atoms with Gasteiger partial charge in [0.25, 0.3) is 0 Å². The first-order valence-electron chi connectivity index (χ1n) is 7.90. The summed E-state index contributed by atoms with van der Waals surface area (Å²) >= 11 is 0. The van der Waals surface area contributed by atoms with Crippen molar-refractivity contribution in [1.29, 1.82) is 0 Å². The van der Waals surface area contributed by atoms with Crippen LogP contribution in [0.2, 0.25) is 0 Å². The van der Waals surface area contributed by atoms with Gasteiger partial charge in [-0.05, 0) is 26.2 Å². The van der Waals surface area contributed by atoms with Gasteiger partial charge >= 0.3 is 0 Å². The van der Waals surface area contributed by atoms with Gasteiger partial charge in [-0.25, -0.2) is 0 Å². The van der Waals surface area contributed by atoms with Crippen LogP contribution < -0.4 is 10.6 Å². The molecule has 1 saturated carbocycles. The van der Waals surface area contributed by atoms with Gasteiger partial charge in [-0.3, -0.25) is 9.59 Å². The molecule has 126 valence electrons. The summed E-state index contributed by atoms with van der Waals surface area (Å²) in [6.07, 6.45) is 5.57. The zero-order valence-electron chi connectivity index (χ0n) is 13.3. The zero-order valence-corrected chi connectivity index (χ0v) is 13.3. The highest BCUT2D eigenvalue weighted by Crippen LogP contribution is 2.29. The van der Waals surface area contributed by atoms with E-state index in [1.807, 2.05) is 0 Å². The summed E-state index contributed by atoms with van der Waals surface area (Å²) in [4.78, 5) is 24.3. The molecule has 1 rings (SSSR count). The van der Waals surface area contributed by atoms with Gasteiger partial charge in [0.15, 0.2) is 0 Å². The number of nitrogens with one attached hydrogen (secondary N) is 2. The molecule has 2 atom stereocenters. The number of hydrogen-bond donors (Lipinski definition) is 4. The first-order chi connectivity index (χ1) is 10.5. The summed E-state index contributed by atoms with van der Waals surface area (Å²) in [6.45, 7) is 5.11. The maximum Gasteiger partial charge on any atom is 0.224 e. The third kappa shape index (κ3) is 5.42. The van der Waals surface area contributed by atoms with Crippen LogP contribution in [0.1, 0.15) is 45.4 Å². The summed E-state index contributed by atoms with van der Waals surface area (Å²) in [5, 5.41) is 24.1. The van der Waals surface area contributed by atoms with Crippen LogP contribution >= 0.6 is 0 Å². The molecule has 0 spiro atoms. The smallest absolute Gasteiger partial charge is 0.224 e. The number of carbonyl (C=O) groups excluding carboxylic acids is 2. The molecule has 0 aromatic rings. The molecular formula is C16H28N2O4. The van der Waals surface area contributed by atoms with Gasteiger partial charge < -0.3 is 20.8 Å². The Labute approximate surface area is 132 Å². The van der Waals surface area contributed by atoms with Crippen molar-refractivity contribution in [2.45, 2.75) is 57.0 Å². The Balaban J connectivity index is 2.62. The third-order valence-corrected chi connectivity index (χ3v) is 4.19. The Kier molecular flexibility index (Phi) is 7.55. The molecule has 1 aliphatic rings. The lowest BCUT2D eigenvalue weighted by molar-refractivity contribution is -0.132. The maximum atomic E-state index is 12.4. The summed E-state index contributed by atoms with van der Waals surface area (Å²) in [5.74, 6) is -0.997. The van der Waals surface area contributed by atoms with Gasteiger partial charge in [-0.2, -0.15) is 0 Å². The second-order valence-corrected chi connectivity index (χ2v) is 6.21. The minimum absolute atomic E-state index is 0.0453. The van der Waals surface area contributed by atoms with E-state index in [4.69, 9.17) is 5.11 Å². The molecule has 4 N–H and O–H groups in total. The molecule has 0 radical (unpaired) electrons. The summed E-state index contributed by atoms with van der Waals surface area (Å²) in [5.41, 5.74) is -0.536. The predicted octanol–water partition coefficient (Wildman–Crippen LogP) is 0.487. The highest BCUT2D eigenvalue weighted by molar-refractivity contribution is 5.86. The quantitative estimate of drug-likeness (QED) is 0.466. The average molecular weight is 312 g/mol. The van der Waals surface area contributed by atoms with Crippen molar-refractivity contribution >= 4 is 11.8 Å². The Hall–Kier alpha value is -1.40. The summed E-state index contributed by atoms with van der Waals surface area (Å²) in [7, 11) is 0. The van der Waals surface area contributed by atoms with E-state index in [2.05, 4.69) is 17.2 Å². The zero-order chi connectivity index (χ0) is 16.6. The fraction of sp³-hybridized carbons (Fsp3) is 0.750. The lowest BCUT2D eigenvalue weighted by atomic mass is 9.94. The van der Waals surface area contributed by atoms with Gasteiger partial charge in [0.05, 0.1) is 24.7 Å². The van der Waals surface area contributed by atoms with E-state index in [0.29, 0.717) is 6.42 Å². The number of allylic oxidation sites excluding steroid dienone is 1. The number of carbonyl (C=O) groups is 2. The van der Waals surface area contributed by atoms with E-state index in [1.54, 1.807) is 13.0 Å². The van der Waals surface area contributed by atoms with Crippen LogP contribution in [0, 0.1) is 5.92 Å². The first-order valence-corrected chi connectivity index (χ1v) is 7.90. The number of amides is 2. The van der Waals surface area contributed by atoms with E-state index in [1.165, 1.54) is 0 Å². The van der Waals surface area contributed by atoms with Crippen LogP contribution in [0.5, 0.6) is 0 Å². The molecule has 1 aliphatic carbocycles. The third-order valence-electron chi connectivity index (χ3n) is 4.19. The van der Waals surface area contributed by atoms with Gasteiger partial charge in [0.1, 0.15) is 0 Å². The van der Waals surface area contributed by atoms with Crippen molar-refractivity contribution in [3.05, 3.63) is 12.7 Å². The molecule has 0 saturated heterocycles. The number of rotatable bonds is 9. The van der Waals surface area contributed by atoms with Crippen LogP contribution in [-0.2, 0) is 9.59 Å². The molecule has 0 aromatic carbocycles. The van der Waals surface area contributed by atoms with Crippen molar-refractivity contribution < 1.29 is 19.8 Å². The highest BCUT2D eigenvalue weighted by Gasteiger charge is 2.36. The van der Waals surface area contributed by atoms with E-state index in [9.17, 15) is 14.7 Å². The lowest BCUT2D eigenvalue weighted by Gasteiger charge is -2.30. The molecule has 2 amide bonds. The molecule has 6 heteroatoms. The van der Waals surface area contributed by atoms with Gasteiger partial charge in [-0.15, -0.1) is 6.58 Å². The van der Waals surface area contributed by atoms with Crippen LogP contribution in [0.3, 0.4) is 0 Å². The Morgan fingerprint density at radius 2 is 1.95 bits per heavy atom. The van der Waals surface area contributed by atoms with Gasteiger partial charge in [-0.1, -0.05) is 18.9 Å². The Bertz CT molecular complexity index is 392. The van der Waals surface area contributed by atoms with E-state index in [-0.39, 0.29) is 37.5 Å². The van der Waals surface area contributed by atoms with E-state index >= 15 is 0 Å². The standard InChI is InChI=1S/C16H28N2O4/c1-3-6-13(9-14(21)17-12(2)10-19)15(22)18-16(11-20)7-4-5-8-16/h3,12-13,19-20H,1,4-11H2,2H3,(H,17,21)(H,18,22). The van der Waals surface area contributed by atoms with Crippen LogP contribution in [0.25, 0.3) is 0 Å². The number of hydrogen-bond acceptors (Lipinski definition) is 4. The lowest BCUT2D eigenvalue weighted by Crippen LogP contribution is -2.51. The van der Waals surface area contributed by atoms with Crippen LogP contribution in [-0.4, -0.2) is 46.8 Å². The largest absolute Gasteiger partial charge is 0.394 e. The monoisotopic (exact) mass is 312 g/mol. The van der Waals surface area contributed by atoms with Gasteiger partial charge in [0.2, 0.25) is 11.8 Å². The normalized spacial score (nSPS) is 19.2. The molecule has 2 unspecified atom stereocenters. The van der Waals surface area contributed by atoms with Crippen molar-refractivity contribution in [2.75, 3.05) is 13.2 Å². The molecule has 6 nitrogen and oxygen atoms in total. The SMILES string of the molecule is C=CCC(CC(=O)NC(C)CO)C(=O)NC1(CO)CCCC1. The first kappa shape index (κ1) is 18.6. The molecule has 22 heavy (non-hydrogen) atoms. The second-order valence-electron chi connectivity index (χ2n) is 6.21. The van der Waals surface area contributed by atoms with E-state index in [0.717, 1.165) is 25.7 Å². The average Bonchev–Trinajstić information content (AvgIpc) is 2.95. The van der Waals surface area contributed by atoms with Crippen molar-refractivity contribution in [1.82, 2.24) is 10.6 Å². The van der Waals surface area contributed by atoms with Crippen molar-refractivity contribution in [3.63, 3.8) is 0 Å². The minimum Gasteiger partial charge on any atom is -0.394 e. The molecule has 1 fully saturated rings. The summed E-state index contributed by atoms with van der Waals surface area (Å²) < 4.78 is 0. The fourth-order valence-electron chi connectivity index (χ4n) is 2.83. The second kappa shape index (κ2) is 8.90. The Morgan fingerprint density at radius 3 is 2.45 bits per heavy atom. The molecular weight excluding hydrogens is 284 g/mol. The fourth-order valence-corrected chi connectivity index (χ4v) is 2.83. The van der Waals surface area contributed by atoms with Gasteiger partial charge in [0, 0.05) is 12.5 Å². The topological polar surface area (TPSA) is 98.7 Å². The van der Waals surface area contributed by atoms with E-state index < -0.39 is 11.5 Å². The number of aliphatic hydroxyl groups excluding tert-OH is 2. The maximum absolute atomic E-state index is 12.4. The Morgan fingerprint density at radius 1 is 1.32 bits per heavy atom. The number of aliphatic hydroxyl groups is 2. The predicted molar refractivity (Wildman–Crippen MR) is 84.0 cm³/mol. The van der Waals surface area contributed by atoms with Crippen molar-refractivity contribution in [2.24, 2.45) is 5.92 Å². The molecule has 0 bridgehead atoms. The molecule has 0 aliphatic heterocycles. The van der Waals surface area contributed by atoms with Crippen LogP contribution in [0.4, 0.5) is 0 Å².